The zero-order valence-corrected chi connectivity index (χ0v) is 25.9. The van der Waals surface area contributed by atoms with Crippen LogP contribution in [0.2, 0.25) is 0 Å². The van der Waals surface area contributed by atoms with E-state index in [0.717, 1.165) is 55.4 Å². The first-order valence-electron chi connectivity index (χ1n) is 15.3. The van der Waals surface area contributed by atoms with E-state index in [1.807, 2.05) is 82.3 Å². The molecule has 0 aromatic heterocycles. The third kappa shape index (κ3) is 10.7. The first-order chi connectivity index (χ1) is 19.5. The van der Waals surface area contributed by atoms with Gasteiger partial charge in [0.2, 0.25) is 5.91 Å². The summed E-state index contributed by atoms with van der Waals surface area (Å²) in [6.07, 6.45) is 5.81. The van der Waals surface area contributed by atoms with Crippen LogP contribution in [0.15, 0.2) is 54.6 Å². The molecule has 0 saturated heterocycles. The zero-order valence-electron chi connectivity index (χ0n) is 25.9. The van der Waals surface area contributed by atoms with Gasteiger partial charge in [-0.3, -0.25) is 4.79 Å². The van der Waals surface area contributed by atoms with Gasteiger partial charge in [0, 0.05) is 13.1 Å². The fourth-order valence-corrected chi connectivity index (χ4v) is 5.43. The summed E-state index contributed by atoms with van der Waals surface area (Å²) in [6.45, 7) is 13.8. The minimum atomic E-state index is -0.550. The van der Waals surface area contributed by atoms with Crippen LogP contribution >= 0.6 is 0 Å². The Morgan fingerprint density at radius 1 is 0.951 bits per heavy atom. The highest BCUT2D eigenvalue weighted by Gasteiger charge is 2.36. The van der Waals surface area contributed by atoms with E-state index in [1.165, 1.54) is 0 Å². The van der Waals surface area contributed by atoms with Gasteiger partial charge in [0.15, 0.2) is 0 Å². The number of benzene rings is 2. The first-order valence-corrected chi connectivity index (χ1v) is 15.3. The van der Waals surface area contributed by atoms with E-state index < -0.39 is 5.60 Å². The molecule has 7 nitrogen and oxygen atoms in total. The summed E-state index contributed by atoms with van der Waals surface area (Å²) < 4.78 is 11.6. The molecule has 0 bridgehead atoms. The number of hydrogen-bond donors (Lipinski definition) is 3. The molecule has 1 unspecified atom stereocenters. The summed E-state index contributed by atoms with van der Waals surface area (Å²) >= 11 is 0. The summed E-state index contributed by atoms with van der Waals surface area (Å²) in [5.74, 6) is 1.03. The molecule has 3 atom stereocenters. The van der Waals surface area contributed by atoms with E-state index in [-0.39, 0.29) is 29.5 Å². The second-order valence-corrected chi connectivity index (χ2v) is 12.7. The molecular formula is C34H51N3O4. The lowest BCUT2D eigenvalue weighted by molar-refractivity contribution is -0.123. The highest BCUT2D eigenvalue weighted by Crippen LogP contribution is 2.30. The molecule has 1 aliphatic rings. The van der Waals surface area contributed by atoms with Crippen LogP contribution in [-0.2, 0) is 9.53 Å². The lowest BCUT2D eigenvalue weighted by Crippen LogP contribution is -2.54. The fourth-order valence-electron chi connectivity index (χ4n) is 5.43. The molecule has 0 heterocycles. The van der Waals surface area contributed by atoms with Gasteiger partial charge in [0.25, 0.3) is 0 Å². The molecule has 0 aliphatic heterocycles. The van der Waals surface area contributed by atoms with E-state index in [2.05, 4.69) is 29.8 Å². The van der Waals surface area contributed by atoms with Gasteiger partial charge in [-0.1, -0.05) is 75.6 Å². The predicted molar refractivity (Wildman–Crippen MR) is 165 cm³/mol. The molecule has 3 N–H and O–H groups in total. The maximum absolute atomic E-state index is 13.4. The van der Waals surface area contributed by atoms with E-state index in [9.17, 15) is 9.59 Å². The molecule has 2 aromatic rings. The number of alkyl carbamates (subject to hydrolysis) is 1. The molecule has 1 fully saturated rings. The monoisotopic (exact) mass is 565 g/mol. The van der Waals surface area contributed by atoms with Crippen molar-refractivity contribution in [2.24, 2.45) is 5.92 Å². The summed E-state index contributed by atoms with van der Waals surface area (Å²) in [5.41, 5.74) is 1.07. The molecule has 2 amide bonds. The van der Waals surface area contributed by atoms with Gasteiger partial charge < -0.3 is 25.4 Å². The Labute approximate surface area is 247 Å². The van der Waals surface area contributed by atoms with Crippen LogP contribution in [0.5, 0.6) is 5.75 Å². The SMILES string of the molecule is CCCC(C)COc1ccc([C@H](CNCC2(NC(=O)OC(C)(C)C)CCCC2)NC(=O)[C@@H](C)c2ccccc2)cc1. The molecule has 226 valence electrons. The van der Waals surface area contributed by atoms with Gasteiger partial charge in [0.05, 0.1) is 24.1 Å². The maximum atomic E-state index is 13.4. The van der Waals surface area contributed by atoms with Crippen molar-refractivity contribution >= 4 is 12.0 Å². The second kappa shape index (κ2) is 15.2. The van der Waals surface area contributed by atoms with Crippen molar-refractivity contribution in [2.75, 3.05) is 19.7 Å². The standard InChI is InChI=1S/C34H51N3O4/c1-7-13-25(2)23-40-29-18-16-28(17-19-29)30(36-31(38)26(3)27-14-9-8-10-15-27)22-35-24-34(20-11-12-21-34)37-32(39)41-33(4,5)6/h8-10,14-19,25-26,30,35H,7,11-13,20-24H2,1-6H3,(H,36,38)(H,37,39)/t25?,26-,30-/m0/s1. The minimum Gasteiger partial charge on any atom is -0.493 e. The van der Waals surface area contributed by atoms with Gasteiger partial charge in [-0.05, 0) is 76.1 Å². The number of nitrogens with one attached hydrogen (secondary N) is 3. The average molecular weight is 566 g/mol. The van der Waals surface area contributed by atoms with Crippen LogP contribution in [0.25, 0.3) is 0 Å². The molecule has 2 aromatic carbocycles. The summed E-state index contributed by atoms with van der Waals surface area (Å²) in [4.78, 5) is 26.0. The average Bonchev–Trinajstić information content (AvgIpc) is 3.38. The summed E-state index contributed by atoms with van der Waals surface area (Å²) in [5, 5.41) is 10.00. The van der Waals surface area contributed by atoms with E-state index in [1.54, 1.807) is 0 Å². The van der Waals surface area contributed by atoms with Crippen LogP contribution in [0.3, 0.4) is 0 Å². The second-order valence-electron chi connectivity index (χ2n) is 12.7. The molecule has 1 saturated carbocycles. The number of carbonyl (C=O) groups is 2. The van der Waals surface area contributed by atoms with Crippen LogP contribution in [0.1, 0.15) is 103 Å². The van der Waals surface area contributed by atoms with Crippen LogP contribution in [-0.4, -0.2) is 42.8 Å². The Morgan fingerprint density at radius 2 is 1.61 bits per heavy atom. The molecule has 0 radical (unpaired) electrons. The van der Waals surface area contributed by atoms with Crippen molar-refractivity contribution in [1.82, 2.24) is 16.0 Å². The number of carbonyl (C=O) groups excluding carboxylic acids is 2. The Bertz CT molecular complexity index is 1080. The van der Waals surface area contributed by atoms with Crippen molar-refractivity contribution in [3.8, 4) is 5.75 Å². The van der Waals surface area contributed by atoms with Gasteiger partial charge in [-0.15, -0.1) is 0 Å². The third-order valence-electron chi connectivity index (χ3n) is 7.75. The Hall–Kier alpha value is -3.06. The Kier molecular flexibility index (Phi) is 12.1. The fraction of sp³-hybridized carbons (Fsp3) is 0.588. The van der Waals surface area contributed by atoms with Gasteiger partial charge >= 0.3 is 6.09 Å². The Balaban J connectivity index is 1.70. The smallest absolute Gasteiger partial charge is 0.408 e. The molecule has 41 heavy (non-hydrogen) atoms. The van der Waals surface area contributed by atoms with Crippen molar-refractivity contribution < 1.29 is 19.1 Å². The number of amides is 2. The minimum absolute atomic E-state index is 0.0285. The molecule has 1 aliphatic carbocycles. The number of hydrogen-bond acceptors (Lipinski definition) is 5. The van der Waals surface area contributed by atoms with Crippen LogP contribution in [0, 0.1) is 5.92 Å². The highest BCUT2D eigenvalue weighted by molar-refractivity contribution is 5.83. The molecule has 0 spiro atoms. The largest absolute Gasteiger partial charge is 0.493 e. The maximum Gasteiger partial charge on any atom is 0.408 e. The quantitative estimate of drug-likeness (QED) is 0.232. The molecule has 3 rings (SSSR count). The lowest BCUT2D eigenvalue weighted by atomic mass is 9.96. The zero-order chi connectivity index (χ0) is 29.9. The topological polar surface area (TPSA) is 88.7 Å². The van der Waals surface area contributed by atoms with Gasteiger partial charge in [-0.2, -0.15) is 0 Å². The summed E-state index contributed by atoms with van der Waals surface area (Å²) in [7, 11) is 0. The van der Waals surface area contributed by atoms with Crippen molar-refractivity contribution in [2.45, 2.75) is 103 Å². The lowest BCUT2D eigenvalue weighted by Gasteiger charge is -2.33. The molecular weight excluding hydrogens is 514 g/mol. The third-order valence-corrected chi connectivity index (χ3v) is 7.75. The van der Waals surface area contributed by atoms with E-state index in [4.69, 9.17) is 9.47 Å². The van der Waals surface area contributed by atoms with Crippen LogP contribution < -0.4 is 20.7 Å². The van der Waals surface area contributed by atoms with Gasteiger partial charge in [0.1, 0.15) is 11.4 Å². The van der Waals surface area contributed by atoms with Crippen molar-refractivity contribution in [3.05, 3.63) is 65.7 Å². The van der Waals surface area contributed by atoms with E-state index >= 15 is 0 Å². The summed E-state index contributed by atoms with van der Waals surface area (Å²) in [6, 6.07) is 17.6. The normalized spacial score (nSPS) is 16.8. The van der Waals surface area contributed by atoms with Gasteiger partial charge in [-0.25, -0.2) is 4.79 Å². The van der Waals surface area contributed by atoms with Crippen molar-refractivity contribution in [1.29, 1.82) is 0 Å². The highest BCUT2D eigenvalue weighted by atomic mass is 16.6. The number of ether oxygens (including phenoxy) is 2. The molecule has 7 heteroatoms. The number of rotatable bonds is 14. The van der Waals surface area contributed by atoms with E-state index in [0.29, 0.717) is 25.6 Å². The Morgan fingerprint density at radius 3 is 2.22 bits per heavy atom. The van der Waals surface area contributed by atoms with Crippen LogP contribution in [0.4, 0.5) is 4.79 Å². The first kappa shape index (κ1) is 32.5. The predicted octanol–water partition coefficient (Wildman–Crippen LogP) is 6.89. The van der Waals surface area contributed by atoms with Crippen molar-refractivity contribution in [3.63, 3.8) is 0 Å².